The molecule has 0 radical (unpaired) electrons. The molecule has 0 aliphatic heterocycles. The predicted molar refractivity (Wildman–Crippen MR) is 168 cm³/mol. The Morgan fingerprint density at radius 3 is 2.25 bits per heavy atom. The lowest BCUT2D eigenvalue weighted by molar-refractivity contribution is -0.148. The molecule has 1 heterocycles. The number of Topliss-reactive ketones (excluding diaryl/α,β-unsaturated/α-hetero) is 1. The Hall–Kier alpha value is -3.71. The van der Waals surface area contributed by atoms with Gasteiger partial charge in [-0.05, 0) is 42.8 Å². The van der Waals surface area contributed by atoms with Crippen LogP contribution in [0, 0.1) is 11.8 Å². The fourth-order valence-electron chi connectivity index (χ4n) is 4.67. The molecule has 12 nitrogen and oxygen atoms in total. The van der Waals surface area contributed by atoms with Crippen molar-refractivity contribution in [3.05, 3.63) is 53.6 Å². The number of nitrogens with two attached hydrogens (primary N) is 1. The molecule has 1 aromatic carbocycles. The Labute approximate surface area is 262 Å². The van der Waals surface area contributed by atoms with Crippen LogP contribution >= 0.6 is 11.8 Å². The lowest BCUT2D eigenvalue weighted by atomic mass is 9.98. The van der Waals surface area contributed by atoms with Crippen LogP contribution in [-0.2, 0) is 50.3 Å². The molecule has 1 aromatic heterocycles. The van der Waals surface area contributed by atoms with Gasteiger partial charge in [0.05, 0.1) is 36.5 Å². The third-order valence-electron chi connectivity index (χ3n) is 7.35. The normalized spacial score (nSPS) is 14.0. The molecule has 6 N–H and O–H groups in total. The number of carbonyl (C=O) groups is 5. The fraction of sp³-hybridized carbons (Fsp3) is 0.548. The number of ketones is 1. The van der Waals surface area contributed by atoms with E-state index < -0.39 is 54.2 Å². The molecule has 2 aromatic rings. The smallest absolute Gasteiger partial charge is 0.307 e. The molecule has 0 aliphatic carbocycles. The number of nitrogens with zero attached hydrogens (tertiary/aromatic N) is 2. The minimum atomic E-state index is -1.16. The number of carboxylic acids is 2. The van der Waals surface area contributed by atoms with E-state index >= 15 is 0 Å². The number of aromatic nitrogens is 2. The van der Waals surface area contributed by atoms with E-state index in [1.54, 1.807) is 29.6 Å². The van der Waals surface area contributed by atoms with Gasteiger partial charge in [-0.3, -0.25) is 24.0 Å². The summed E-state index contributed by atoms with van der Waals surface area (Å²) in [5.74, 6) is -3.30. The average molecular weight is 632 g/mol. The van der Waals surface area contributed by atoms with Gasteiger partial charge in [-0.15, -0.1) is 0 Å². The van der Waals surface area contributed by atoms with E-state index in [0.717, 1.165) is 5.56 Å². The minimum absolute atomic E-state index is 0.0299. The van der Waals surface area contributed by atoms with Gasteiger partial charge in [0.25, 0.3) is 0 Å². The van der Waals surface area contributed by atoms with Crippen LogP contribution in [0.3, 0.4) is 0 Å². The van der Waals surface area contributed by atoms with E-state index in [-0.39, 0.29) is 31.0 Å². The average Bonchev–Trinajstić information content (AvgIpc) is 3.31. The molecule has 0 bridgehead atoms. The van der Waals surface area contributed by atoms with E-state index in [4.69, 9.17) is 10.8 Å². The molecule has 0 fully saturated rings. The highest BCUT2D eigenvalue weighted by Gasteiger charge is 2.29. The Balaban J connectivity index is 2.13. The Bertz CT molecular complexity index is 1270. The van der Waals surface area contributed by atoms with Crippen molar-refractivity contribution in [3.8, 4) is 0 Å². The van der Waals surface area contributed by atoms with Crippen LogP contribution < -0.4 is 16.4 Å². The number of aliphatic carboxylic acids is 2. The van der Waals surface area contributed by atoms with Gasteiger partial charge >= 0.3 is 11.9 Å². The van der Waals surface area contributed by atoms with Gasteiger partial charge in [0.2, 0.25) is 11.8 Å². The van der Waals surface area contributed by atoms with Crippen LogP contribution in [-0.4, -0.2) is 79.4 Å². The fourth-order valence-corrected chi connectivity index (χ4v) is 5.14. The topological polar surface area (TPSA) is 194 Å². The number of imidazole rings is 1. The minimum Gasteiger partial charge on any atom is -0.481 e. The van der Waals surface area contributed by atoms with Crippen LogP contribution in [0.4, 0.5) is 0 Å². The molecule has 0 spiro atoms. The number of nitrogens with one attached hydrogen (secondary N) is 2. The van der Waals surface area contributed by atoms with E-state index in [9.17, 15) is 29.1 Å². The van der Waals surface area contributed by atoms with E-state index in [0.29, 0.717) is 36.5 Å². The maximum absolute atomic E-state index is 13.5. The first-order valence-electron chi connectivity index (χ1n) is 14.7. The van der Waals surface area contributed by atoms with Crippen LogP contribution in [0.1, 0.15) is 56.6 Å². The van der Waals surface area contributed by atoms with Crippen molar-refractivity contribution in [1.29, 1.82) is 0 Å². The van der Waals surface area contributed by atoms with Crippen LogP contribution in [0.25, 0.3) is 0 Å². The second-order valence-electron chi connectivity index (χ2n) is 11.3. The standard InChI is InChI=1S/C31H45N5O7S/c1-19(2)28(32)30(41)35-24(15-20-9-6-5-7-10-20)29(40)34-23(13-14-44-4)25(37)17-22-18-36(3)26(33-22)12-8-11-21(31(42)43)16-27(38)39/h5-7,9-10,18-19,21,23-24,28H,8,11-17,32H2,1-4H3,(H,34,40)(H,35,41)(H,38,39)(H,42,43)/t21-,23+,24+,28+/m1/s1. The maximum Gasteiger partial charge on any atom is 0.307 e. The largest absolute Gasteiger partial charge is 0.481 e. The van der Waals surface area contributed by atoms with Gasteiger partial charge in [-0.1, -0.05) is 44.2 Å². The summed E-state index contributed by atoms with van der Waals surface area (Å²) >= 11 is 1.54. The summed E-state index contributed by atoms with van der Waals surface area (Å²) in [6.45, 7) is 3.64. The number of carboxylic acid groups (broad SMARTS) is 2. The van der Waals surface area contributed by atoms with Gasteiger partial charge in [-0.2, -0.15) is 11.8 Å². The molecule has 0 saturated heterocycles. The lowest BCUT2D eigenvalue weighted by Crippen LogP contribution is -2.56. The first kappa shape index (κ1) is 36.5. The molecule has 44 heavy (non-hydrogen) atoms. The van der Waals surface area contributed by atoms with Crippen molar-refractivity contribution in [2.45, 2.75) is 76.9 Å². The van der Waals surface area contributed by atoms with Crippen LogP contribution in [0.5, 0.6) is 0 Å². The highest BCUT2D eigenvalue weighted by atomic mass is 32.2. The molecule has 242 valence electrons. The predicted octanol–water partition coefficient (Wildman–Crippen LogP) is 1.98. The molecule has 2 amide bonds. The first-order chi connectivity index (χ1) is 20.8. The number of hydrogen-bond acceptors (Lipinski definition) is 8. The Morgan fingerprint density at radius 2 is 1.66 bits per heavy atom. The van der Waals surface area contributed by atoms with E-state index in [2.05, 4.69) is 15.6 Å². The van der Waals surface area contributed by atoms with Crippen molar-refractivity contribution < 1.29 is 34.2 Å². The summed E-state index contributed by atoms with van der Waals surface area (Å²) in [4.78, 5) is 66.6. The number of benzene rings is 1. The molecule has 0 unspecified atom stereocenters. The van der Waals surface area contributed by atoms with Crippen molar-refractivity contribution in [3.63, 3.8) is 0 Å². The van der Waals surface area contributed by atoms with Crippen molar-refractivity contribution >= 4 is 41.3 Å². The second-order valence-corrected chi connectivity index (χ2v) is 12.3. The highest BCUT2D eigenvalue weighted by Crippen LogP contribution is 2.16. The van der Waals surface area contributed by atoms with Gasteiger partial charge < -0.3 is 31.1 Å². The molecule has 4 atom stereocenters. The summed E-state index contributed by atoms with van der Waals surface area (Å²) < 4.78 is 1.76. The van der Waals surface area contributed by atoms with Crippen molar-refractivity contribution in [2.24, 2.45) is 24.6 Å². The Morgan fingerprint density at radius 1 is 1.00 bits per heavy atom. The summed E-state index contributed by atoms with van der Waals surface area (Å²) in [5.41, 5.74) is 7.39. The van der Waals surface area contributed by atoms with Gasteiger partial charge in [-0.25, -0.2) is 4.98 Å². The van der Waals surface area contributed by atoms with E-state index in [1.165, 1.54) is 0 Å². The van der Waals surface area contributed by atoms with Gasteiger partial charge in [0, 0.05) is 26.1 Å². The second kappa shape index (κ2) is 18.2. The number of hydrogen-bond donors (Lipinski definition) is 5. The van der Waals surface area contributed by atoms with E-state index in [1.807, 2.05) is 50.4 Å². The first-order valence-corrected chi connectivity index (χ1v) is 16.1. The molecule has 2 rings (SSSR count). The molecular formula is C31H45N5O7S. The van der Waals surface area contributed by atoms with Gasteiger partial charge in [0.15, 0.2) is 5.78 Å². The lowest BCUT2D eigenvalue weighted by Gasteiger charge is -2.25. The van der Waals surface area contributed by atoms with Crippen LogP contribution in [0.2, 0.25) is 0 Å². The third kappa shape index (κ3) is 12.1. The molecule has 0 aliphatic rings. The monoisotopic (exact) mass is 631 g/mol. The zero-order chi connectivity index (χ0) is 32.8. The maximum atomic E-state index is 13.5. The van der Waals surface area contributed by atoms with Crippen molar-refractivity contribution in [2.75, 3.05) is 12.0 Å². The zero-order valence-electron chi connectivity index (χ0n) is 25.8. The van der Waals surface area contributed by atoms with Gasteiger partial charge in [0.1, 0.15) is 11.9 Å². The zero-order valence-corrected chi connectivity index (χ0v) is 26.6. The SMILES string of the molecule is CSCC[C@H](NC(=O)[C@H](Cc1ccccc1)NC(=O)[C@@H](N)C(C)C)C(=O)Cc1cn(C)c(CCC[C@H](CC(=O)O)C(=O)O)n1. The highest BCUT2D eigenvalue weighted by molar-refractivity contribution is 7.98. The summed E-state index contributed by atoms with van der Waals surface area (Å²) in [6, 6.07) is 6.74. The molecule has 13 heteroatoms. The quantitative estimate of drug-likeness (QED) is 0.144. The van der Waals surface area contributed by atoms with Crippen LogP contribution in [0.15, 0.2) is 36.5 Å². The number of carbonyl (C=O) groups excluding carboxylic acids is 3. The summed E-state index contributed by atoms with van der Waals surface area (Å²) in [7, 11) is 1.77. The summed E-state index contributed by atoms with van der Waals surface area (Å²) in [6.07, 6.45) is 4.80. The summed E-state index contributed by atoms with van der Waals surface area (Å²) in [5, 5.41) is 23.9. The molecule has 0 saturated carbocycles. The number of aryl methyl sites for hydroxylation is 2. The number of thioether (sulfide) groups is 1. The van der Waals surface area contributed by atoms with Crippen molar-refractivity contribution in [1.82, 2.24) is 20.2 Å². The number of amides is 2. The Kier molecular flexibility index (Phi) is 15.1. The molecular weight excluding hydrogens is 586 g/mol. The third-order valence-corrected chi connectivity index (χ3v) is 8.00. The number of rotatable bonds is 20.